The van der Waals surface area contributed by atoms with Crippen LogP contribution in [0.5, 0.6) is 5.75 Å². The lowest BCUT2D eigenvalue weighted by Crippen LogP contribution is -2.27. The molecule has 35 heavy (non-hydrogen) atoms. The highest BCUT2D eigenvalue weighted by Gasteiger charge is 2.33. The van der Waals surface area contributed by atoms with Crippen molar-refractivity contribution in [1.82, 2.24) is 13.9 Å². The largest absolute Gasteiger partial charge is 0.430 e. The van der Waals surface area contributed by atoms with Crippen LogP contribution in [0.15, 0.2) is 75.3 Å². The van der Waals surface area contributed by atoms with Gasteiger partial charge in [0.1, 0.15) is 5.75 Å². The number of para-hydroxylation sites is 2. The molecule has 0 fully saturated rings. The molecule has 0 bridgehead atoms. The quantitative estimate of drug-likeness (QED) is 0.288. The Balaban J connectivity index is 1.78. The molecule has 2 heterocycles. The molecule has 0 aliphatic heterocycles. The number of pyridine rings is 1. The lowest BCUT2D eigenvalue weighted by molar-refractivity contribution is -0.186. The van der Waals surface area contributed by atoms with Crippen LogP contribution in [-0.4, -0.2) is 39.4 Å². The predicted molar refractivity (Wildman–Crippen MR) is 127 cm³/mol. The Morgan fingerprint density at radius 2 is 1.80 bits per heavy atom. The number of ether oxygens (including phenoxy) is 1. The summed E-state index contributed by atoms with van der Waals surface area (Å²) in [4.78, 5) is 8.32. The lowest BCUT2D eigenvalue weighted by atomic mass is 10.2. The van der Waals surface area contributed by atoms with Gasteiger partial charge in [-0.3, -0.25) is 9.19 Å². The number of alkyl halides is 3. The van der Waals surface area contributed by atoms with Gasteiger partial charge in [0.15, 0.2) is 6.67 Å². The molecule has 0 saturated carbocycles. The van der Waals surface area contributed by atoms with E-state index in [1.165, 1.54) is 25.1 Å². The van der Waals surface area contributed by atoms with E-state index >= 15 is 0 Å². The number of imidazole rings is 1. The molecule has 184 valence electrons. The maximum atomic E-state index is 13.5. The number of benzene rings is 2. The molecule has 0 radical (unpaired) electrons. The minimum Gasteiger partial charge on any atom is -0.430 e. The van der Waals surface area contributed by atoms with E-state index in [-0.39, 0.29) is 38.3 Å². The number of hydrogen-bond donors (Lipinski definition) is 0. The van der Waals surface area contributed by atoms with Crippen molar-refractivity contribution in [3.05, 3.63) is 76.5 Å². The standard InChI is InChI=1S/C22H17BrF3N3O4S2/c1-14-18(27-11-10-20(14)33-22(25,26)13-24)12-34(30)21-28-17-4-2-3-5-19(17)29(21)35(31,32)16-8-6-15(23)7-9-16/h2-11H,12-13H2,1H3. The van der Waals surface area contributed by atoms with Gasteiger partial charge in [-0.2, -0.15) is 8.78 Å². The van der Waals surface area contributed by atoms with Gasteiger partial charge in [-0.05, 0) is 49.4 Å². The van der Waals surface area contributed by atoms with Crippen LogP contribution < -0.4 is 4.74 Å². The summed E-state index contributed by atoms with van der Waals surface area (Å²) in [6.45, 7) is -0.612. The lowest BCUT2D eigenvalue weighted by Gasteiger charge is -2.17. The zero-order valence-corrected chi connectivity index (χ0v) is 21.2. The van der Waals surface area contributed by atoms with Crippen molar-refractivity contribution >= 4 is 47.8 Å². The highest BCUT2D eigenvalue weighted by atomic mass is 79.9. The van der Waals surface area contributed by atoms with Crippen molar-refractivity contribution in [1.29, 1.82) is 0 Å². The second-order valence-electron chi connectivity index (χ2n) is 7.35. The number of nitrogens with zero attached hydrogens (tertiary/aromatic N) is 3. The molecule has 0 saturated heterocycles. The van der Waals surface area contributed by atoms with Gasteiger partial charge in [-0.25, -0.2) is 21.8 Å². The van der Waals surface area contributed by atoms with Gasteiger partial charge >= 0.3 is 6.11 Å². The Morgan fingerprint density at radius 3 is 2.49 bits per heavy atom. The van der Waals surface area contributed by atoms with Gasteiger partial charge in [0.05, 0.1) is 38.2 Å². The van der Waals surface area contributed by atoms with E-state index in [1.807, 2.05) is 0 Å². The number of halogens is 4. The third-order valence-electron chi connectivity index (χ3n) is 4.99. The molecular formula is C22H17BrF3N3O4S2. The van der Waals surface area contributed by atoms with E-state index in [0.717, 1.165) is 16.2 Å². The highest BCUT2D eigenvalue weighted by molar-refractivity contribution is 9.10. The van der Waals surface area contributed by atoms with Crippen molar-refractivity contribution < 1.29 is 30.5 Å². The third-order valence-corrected chi connectivity index (χ3v) is 8.57. The molecule has 1 unspecified atom stereocenters. The van der Waals surface area contributed by atoms with Crippen LogP contribution >= 0.6 is 15.9 Å². The van der Waals surface area contributed by atoms with Crippen LogP contribution in [-0.2, 0) is 26.6 Å². The van der Waals surface area contributed by atoms with Crippen LogP contribution in [0.1, 0.15) is 11.3 Å². The summed E-state index contributed by atoms with van der Waals surface area (Å²) in [5, 5.41) is -0.254. The van der Waals surface area contributed by atoms with E-state index in [1.54, 1.807) is 30.3 Å². The Kier molecular flexibility index (Phi) is 7.02. The van der Waals surface area contributed by atoms with Gasteiger partial charge in [0.25, 0.3) is 10.0 Å². The molecule has 2 aromatic heterocycles. The summed E-state index contributed by atoms with van der Waals surface area (Å²) in [6, 6.07) is 13.5. The molecule has 1 atom stereocenters. The molecular weight excluding hydrogens is 571 g/mol. The zero-order valence-electron chi connectivity index (χ0n) is 18.0. The van der Waals surface area contributed by atoms with Crippen molar-refractivity contribution in [3.8, 4) is 5.75 Å². The van der Waals surface area contributed by atoms with Crippen LogP contribution in [0, 0.1) is 6.92 Å². The monoisotopic (exact) mass is 587 g/mol. The molecule has 13 heteroatoms. The van der Waals surface area contributed by atoms with Gasteiger partial charge in [-0.15, -0.1) is 0 Å². The molecule has 0 amide bonds. The third kappa shape index (κ3) is 5.11. The predicted octanol–water partition coefficient (Wildman–Crippen LogP) is 4.99. The van der Waals surface area contributed by atoms with Gasteiger partial charge in [0.2, 0.25) is 5.16 Å². The van der Waals surface area contributed by atoms with Crippen LogP contribution in [0.3, 0.4) is 0 Å². The Hall–Kier alpha value is -2.77. The van der Waals surface area contributed by atoms with Crippen LogP contribution in [0.2, 0.25) is 0 Å². The fourth-order valence-electron chi connectivity index (χ4n) is 3.26. The first-order chi connectivity index (χ1) is 16.5. The number of aromatic nitrogens is 3. The zero-order chi connectivity index (χ0) is 25.4. The summed E-state index contributed by atoms with van der Waals surface area (Å²) < 4.78 is 85.8. The van der Waals surface area contributed by atoms with Gasteiger partial charge in [-0.1, -0.05) is 28.1 Å². The van der Waals surface area contributed by atoms with Crippen molar-refractivity contribution in [3.63, 3.8) is 0 Å². The summed E-state index contributed by atoms with van der Waals surface area (Å²) >= 11 is 3.26. The van der Waals surface area contributed by atoms with Crippen LogP contribution in [0.25, 0.3) is 11.0 Å². The number of hydrogen-bond acceptors (Lipinski definition) is 6. The first-order valence-corrected chi connectivity index (χ1v) is 13.5. The SMILES string of the molecule is Cc1c(OC(F)(F)CF)ccnc1CS(=O)c1nc2ccccc2n1S(=O)(=O)c1ccc(Br)cc1. The maximum Gasteiger partial charge on any atom is 0.427 e. The Bertz CT molecular complexity index is 1530. The smallest absolute Gasteiger partial charge is 0.427 e. The van der Waals surface area contributed by atoms with E-state index in [4.69, 9.17) is 0 Å². The average molecular weight is 588 g/mol. The fraction of sp³-hybridized carbons (Fsp3) is 0.182. The molecule has 2 aromatic carbocycles. The maximum absolute atomic E-state index is 13.5. The van der Waals surface area contributed by atoms with Crippen molar-refractivity contribution in [2.24, 2.45) is 0 Å². The molecule has 4 rings (SSSR count). The first-order valence-electron chi connectivity index (χ1n) is 9.98. The minimum absolute atomic E-state index is 0.0414. The topological polar surface area (TPSA) is 91.2 Å². The number of rotatable bonds is 8. The van der Waals surface area contributed by atoms with Crippen molar-refractivity contribution in [2.75, 3.05) is 6.67 Å². The Morgan fingerprint density at radius 1 is 1.11 bits per heavy atom. The molecule has 0 aliphatic carbocycles. The normalized spacial score (nSPS) is 13.2. The molecule has 0 N–H and O–H groups in total. The summed E-state index contributed by atoms with van der Waals surface area (Å²) in [6.07, 6.45) is -2.88. The number of fused-ring (bicyclic) bond motifs is 1. The van der Waals surface area contributed by atoms with E-state index < -0.39 is 33.6 Å². The molecule has 7 nitrogen and oxygen atoms in total. The second kappa shape index (κ2) is 9.70. The highest BCUT2D eigenvalue weighted by Crippen LogP contribution is 2.30. The molecule has 0 spiro atoms. The van der Waals surface area contributed by atoms with E-state index in [9.17, 15) is 25.8 Å². The summed E-state index contributed by atoms with van der Waals surface area (Å²) in [7, 11) is -6.26. The van der Waals surface area contributed by atoms with Gasteiger partial charge in [0, 0.05) is 16.2 Å². The van der Waals surface area contributed by atoms with E-state index in [2.05, 4.69) is 30.6 Å². The van der Waals surface area contributed by atoms with Crippen molar-refractivity contribution in [2.45, 2.75) is 28.8 Å². The summed E-state index contributed by atoms with van der Waals surface area (Å²) in [5.74, 6) is -0.672. The second-order valence-corrected chi connectivity index (χ2v) is 11.4. The first kappa shape index (κ1) is 25.3. The molecule has 0 aliphatic rings. The van der Waals surface area contributed by atoms with E-state index in [0.29, 0.717) is 9.99 Å². The Labute approximate surface area is 209 Å². The van der Waals surface area contributed by atoms with Gasteiger partial charge < -0.3 is 4.74 Å². The fourth-order valence-corrected chi connectivity index (χ4v) is 6.57. The average Bonchev–Trinajstić information content (AvgIpc) is 3.22. The minimum atomic E-state index is -4.20. The molecule has 4 aromatic rings. The van der Waals surface area contributed by atoms with Crippen LogP contribution in [0.4, 0.5) is 13.2 Å². The summed E-state index contributed by atoms with van der Waals surface area (Å²) in [5.41, 5.74) is 0.756.